The third-order valence-corrected chi connectivity index (χ3v) is 5.33. The third kappa shape index (κ3) is 4.35. The minimum atomic E-state index is -0.277. The van der Waals surface area contributed by atoms with Crippen molar-refractivity contribution in [3.8, 4) is 5.75 Å². The lowest BCUT2D eigenvalue weighted by atomic mass is 10.0. The minimum Gasteiger partial charge on any atom is -0.508 e. The smallest absolute Gasteiger partial charge is 0.238 e. The molecule has 140 valence electrons. The molecule has 8 nitrogen and oxygen atoms in total. The maximum atomic E-state index is 12.3. The molecule has 1 aliphatic rings. The van der Waals surface area contributed by atoms with Crippen molar-refractivity contribution in [3.05, 3.63) is 35.7 Å². The van der Waals surface area contributed by atoms with Crippen LogP contribution in [0.25, 0.3) is 0 Å². The Morgan fingerprint density at radius 3 is 2.85 bits per heavy atom. The highest BCUT2D eigenvalue weighted by Gasteiger charge is 2.29. The number of hydrogen-bond donors (Lipinski definition) is 4. The molecule has 0 aliphatic carbocycles. The van der Waals surface area contributed by atoms with Gasteiger partial charge in [-0.05, 0) is 38.0 Å². The van der Waals surface area contributed by atoms with Crippen molar-refractivity contribution in [1.29, 1.82) is 0 Å². The zero-order valence-corrected chi connectivity index (χ0v) is 15.7. The van der Waals surface area contributed by atoms with E-state index in [1.165, 1.54) is 0 Å². The second-order valence-electron chi connectivity index (χ2n) is 6.13. The van der Waals surface area contributed by atoms with Gasteiger partial charge >= 0.3 is 0 Å². The molecule has 0 bridgehead atoms. The van der Waals surface area contributed by atoms with Crippen molar-refractivity contribution in [2.24, 2.45) is 0 Å². The molecular weight excluding hydrogens is 352 g/mol. The number of carbonyl (C=O) groups is 1. The molecule has 1 aliphatic heterocycles. The van der Waals surface area contributed by atoms with Gasteiger partial charge in [-0.2, -0.15) is 0 Å². The predicted octanol–water partition coefficient (Wildman–Crippen LogP) is 1.13. The number of phenols is 1. The summed E-state index contributed by atoms with van der Waals surface area (Å²) in [5.41, 5.74) is 7.22. The maximum Gasteiger partial charge on any atom is 0.238 e. The summed E-state index contributed by atoms with van der Waals surface area (Å²) < 4.78 is 2.05. The Morgan fingerprint density at radius 2 is 2.12 bits per heavy atom. The molecule has 2 atom stereocenters. The fourth-order valence-electron chi connectivity index (χ4n) is 2.93. The molecule has 1 aromatic heterocycles. The largest absolute Gasteiger partial charge is 0.508 e. The Morgan fingerprint density at radius 1 is 1.35 bits per heavy atom. The standard InChI is InChI=1S/C17H24N6O2S/c1-3-23-11(2)19-22-17(23)26-9-8-18-16(25)15-10-14(20-21-15)12-4-6-13(24)7-5-12/h4-7,14-15,20-21,24H,3,8-10H2,1-2H3,(H,18,25). The molecule has 0 radical (unpaired) electrons. The van der Waals surface area contributed by atoms with Gasteiger partial charge in [0.1, 0.15) is 17.6 Å². The number of benzene rings is 1. The Kier molecular flexibility index (Phi) is 6.12. The van der Waals surface area contributed by atoms with Crippen LogP contribution in [0.5, 0.6) is 5.75 Å². The number of aromatic hydroxyl groups is 1. The van der Waals surface area contributed by atoms with E-state index in [2.05, 4.69) is 37.9 Å². The highest BCUT2D eigenvalue weighted by atomic mass is 32.2. The van der Waals surface area contributed by atoms with E-state index in [1.807, 2.05) is 19.1 Å². The van der Waals surface area contributed by atoms with Gasteiger partial charge in [0, 0.05) is 24.9 Å². The summed E-state index contributed by atoms with van der Waals surface area (Å²) in [5, 5.41) is 21.4. The van der Waals surface area contributed by atoms with Gasteiger partial charge in [-0.1, -0.05) is 23.9 Å². The summed E-state index contributed by atoms with van der Waals surface area (Å²) in [4.78, 5) is 12.3. The first-order valence-corrected chi connectivity index (χ1v) is 9.67. The first-order valence-electron chi connectivity index (χ1n) is 8.68. The number of hydrogen-bond acceptors (Lipinski definition) is 7. The number of hydrazine groups is 1. The van der Waals surface area contributed by atoms with Gasteiger partial charge in [-0.25, -0.2) is 10.9 Å². The topological polar surface area (TPSA) is 104 Å². The van der Waals surface area contributed by atoms with Crippen LogP contribution in [0.4, 0.5) is 0 Å². The van der Waals surface area contributed by atoms with Crippen molar-refractivity contribution in [2.45, 2.75) is 44.1 Å². The highest BCUT2D eigenvalue weighted by Crippen LogP contribution is 2.24. The molecule has 4 N–H and O–H groups in total. The van der Waals surface area contributed by atoms with E-state index in [0.29, 0.717) is 13.0 Å². The second-order valence-corrected chi connectivity index (χ2v) is 7.20. The van der Waals surface area contributed by atoms with Gasteiger partial charge in [0.05, 0.1) is 0 Å². The lowest BCUT2D eigenvalue weighted by Crippen LogP contribution is -2.43. The fraction of sp³-hybridized carbons (Fsp3) is 0.471. The molecule has 26 heavy (non-hydrogen) atoms. The monoisotopic (exact) mass is 376 g/mol. The number of rotatable bonds is 7. The predicted molar refractivity (Wildman–Crippen MR) is 99.7 cm³/mol. The van der Waals surface area contributed by atoms with Crippen LogP contribution < -0.4 is 16.2 Å². The molecule has 3 rings (SSSR count). The van der Waals surface area contributed by atoms with Crippen molar-refractivity contribution >= 4 is 17.7 Å². The van der Waals surface area contributed by atoms with E-state index in [-0.39, 0.29) is 23.7 Å². The molecule has 2 heterocycles. The van der Waals surface area contributed by atoms with Gasteiger partial charge in [-0.15, -0.1) is 10.2 Å². The molecule has 0 spiro atoms. The van der Waals surface area contributed by atoms with E-state index in [0.717, 1.165) is 28.8 Å². The Labute approximate surface area is 156 Å². The van der Waals surface area contributed by atoms with Crippen LogP contribution in [0.1, 0.15) is 30.8 Å². The third-order valence-electron chi connectivity index (χ3n) is 4.37. The number of nitrogens with zero attached hydrogens (tertiary/aromatic N) is 3. The summed E-state index contributed by atoms with van der Waals surface area (Å²) in [7, 11) is 0. The van der Waals surface area contributed by atoms with E-state index < -0.39 is 0 Å². The van der Waals surface area contributed by atoms with E-state index in [1.54, 1.807) is 23.9 Å². The number of aromatic nitrogens is 3. The Hall–Kier alpha value is -2.10. The first-order chi connectivity index (χ1) is 12.6. The van der Waals surface area contributed by atoms with E-state index in [4.69, 9.17) is 0 Å². The van der Waals surface area contributed by atoms with Crippen molar-refractivity contribution in [3.63, 3.8) is 0 Å². The second kappa shape index (κ2) is 8.52. The Balaban J connectivity index is 1.42. The summed E-state index contributed by atoms with van der Waals surface area (Å²) in [5.74, 6) is 1.86. The number of nitrogens with one attached hydrogen (secondary N) is 3. The van der Waals surface area contributed by atoms with Gasteiger partial charge in [-0.3, -0.25) is 4.79 Å². The van der Waals surface area contributed by atoms with E-state index >= 15 is 0 Å². The Bertz CT molecular complexity index is 748. The summed E-state index contributed by atoms with van der Waals surface area (Å²) in [6.07, 6.45) is 0.660. The van der Waals surface area contributed by atoms with Crippen LogP contribution in [0, 0.1) is 6.92 Å². The number of thioether (sulfide) groups is 1. The molecule has 9 heteroatoms. The van der Waals surface area contributed by atoms with Crippen LogP contribution in [0.3, 0.4) is 0 Å². The maximum absolute atomic E-state index is 12.3. The van der Waals surface area contributed by atoms with Crippen LogP contribution in [-0.2, 0) is 11.3 Å². The molecule has 2 aromatic rings. The van der Waals surface area contributed by atoms with Gasteiger partial charge in [0.2, 0.25) is 5.91 Å². The number of amides is 1. The quantitative estimate of drug-likeness (QED) is 0.424. The summed E-state index contributed by atoms with van der Waals surface area (Å²) in [6.45, 7) is 5.40. The van der Waals surface area contributed by atoms with Gasteiger partial charge in [0.15, 0.2) is 5.16 Å². The molecule has 1 saturated heterocycles. The van der Waals surface area contributed by atoms with Crippen molar-refractivity contribution < 1.29 is 9.90 Å². The highest BCUT2D eigenvalue weighted by molar-refractivity contribution is 7.99. The fourth-order valence-corrected chi connectivity index (χ4v) is 3.83. The van der Waals surface area contributed by atoms with E-state index in [9.17, 15) is 9.90 Å². The molecule has 1 fully saturated rings. The van der Waals surface area contributed by atoms with Crippen molar-refractivity contribution in [2.75, 3.05) is 12.3 Å². The number of aryl methyl sites for hydroxylation is 1. The molecule has 0 saturated carbocycles. The SMILES string of the molecule is CCn1c(C)nnc1SCCNC(=O)C1CC(c2ccc(O)cc2)NN1. The zero-order valence-electron chi connectivity index (χ0n) is 14.9. The van der Waals surface area contributed by atoms with Gasteiger partial charge < -0.3 is 15.0 Å². The summed E-state index contributed by atoms with van der Waals surface area (Å²) in [6, 6.07) is 6.79. The normalized spacial score (nSPS) is 19.6. The van der Waals surface area contributed by atoms with Gasteiger partial charge in [0.25, 0.3) is 0 Å². The van der Waals surface area contributed by atoms with Crippen LogP contribution in [0.2, 0.25) is 0 Å². The van der Waals surface area contributed by atoms with Crippen LogP contribution in [0.15, 0.2) is 29.4 Å². The molecule has 1 aromatic carbocycles. The average Bonchev–Trinajstić information content (AvgIpc) is 3.26. The minimum absolute atomic E-state index is 0.0208. The van der Waals surface area contributed by atoms with Crippen LogP contribution >= 0.6 is 11.8 Å². The average molecular weight is 376 g/mol. The zero-order chi connectivity index (χ0) is 18.5. The lowest BCUT2D eigenvalue weighted by molar-refractivity contribution is -0.122. The molecular formula is C17H24N6O2S. The molecule has 2 unspecified atom stereocenters. The number of carbonyl (C=O) groups excluding carboxylic acids is 1. The summed E-state index contributed by atoms with van der Waals surface area (Å²) >= 11 is 1.59. The van der Waals surface area contributed by atoms with Crippen LogP contribution in [-0.4, -0.2) is 44.1 Å². The lowest BCUT2D eigenvalue weighted by Gasteiger charge is -2.11. The molecule has 1 amide bonds. The number of phenolic OH excluding ortho intramolecular Hbond substituents is 1. The first kappa shape index (κ1) is 18.7. The van der Waals surface area contributed by atoms with Crippen molar-refractivity contribution in [1.82, 2.24) is 30.9 Å².